The number of piperazine rings is 1. The predicted molar refractivity (Wildman–Crippen MR) is 90.1 cm³/mol. The number of aryl methyl sites for hydroxylation is 2. The van der Waals surface area contributed by atoms with E-state index in [1.165, 1.54) is 5.56 Å². The molecule has 2 aliphatic heterocycles. The number of aromatic nitrogens is 2. The minimum absolute atomic E-state index is 0.101. The number of hydrogen-bond acceptors (Lipinski definition) is 6. The van der Waals surface area contributed by atoms with E-state index in [-0.39, 0.29) is 12.0 Å². The van der Waals surface area contributed by atoms with Crippen LogP contribution in [0, 0.1) is 6.92 Å². The SMILES string of the molecule is Cc1nc(CN2CCN(C(=O)[C@H]3CCc4ccccc4O3)CC2)no1. The molecule has 0 saturated carbocycles. The van der Waals surface area contributed by atoms with Crippen LogP contribution in [0.3, 0.4) is 0 Å². The van der Waals surface area contributed by atoms with Crippen molar-refractivity contribution in [1.82, 2.24) is 19.9 Å². The number of carbonyl (C=O) groups excluding carboxylic acids is 1. The first-order valence-corrected chi connectivity index (χ1v) is 8.74. The molecule has 0 aliphatic carbocycles. The highest BCUT2D eigenvalue weighted by Crippen LogP contribution is 2.28. The molecule has 0 unspecified atom stereocenters. The second-order valence-electron chi connectivity index (χ2n) is 6.58. The van der Waals surface area contributed by atoms with E-state index in [9.17, 15) is 4.79 Å². The molecule has 2 aliphatic rings. The number of carbonyl (C=O) groups is 1. The Morgan fingerprint density at radius 1 is 1.24 bits per heavy atom. The summed E-state index contributed by atoms with van der Waals surface area (Å²) in [6, 6.07) is 7.97. The Morgan fingerprint density at radius 2 is 2.04 bits per heavy atom. The van der Waals surface area contributed by atoms with Gasteiger partial charge in [0.1, 0.15) is 5.75 Å². The third kappa shape index (κ3) is 3.51. The molecule has 25 heavy (non-hydrogen) atoms. The van der Waals surface area contributed by atoms with Crippen LogP contribution in [0.25, 0.3) is 0 Å². The van der Waals surface area contributed by atoms with Crippen LogP contribution in [0.1, 0.15) is 23.7 Å². The van der Waals surface area contributed by atoms with Gasteiger partial charge in [-0.3, -0.25) is 9.69 Å². The van der Waals surface area contributed by atoms with Crippen LogP contribution in [-0.2, 0) is 17.8 Å². The van der Waals surface area contributed by atoms with Crippen molar-refractivity contribution in [3.63, 3.8) is 0 Å². The number of rotatable bonds is 3. The standard InChI is InChI=1S/C18H22N4O3/c1-13-19-17(20-25-13)12-21-8-10-22(11-9-21)18(23)16-7-6-14-4-2-3-5-15(14)24-16/h2-5,16H,6-12H2,1H3/t16-/m1/s1. The van der Waals surface area contributed by atoms with E-state index in [0.717, 1.165) is 31.7 Å². The number of benzene rings is 1. The first-order valence-electron chi connectivity index (χ1n) is 8.74. The normalized spacial score (nSPS) is 20.8. The van der Waals surface area contributed by atoms with E-state index >= 15 is 0 Å². The van der Waals surface area contributed by atoms with Crippen LogP contribution in [-0.4, -0.2) is 58.1 Å². The smallest absolute Gasteiger partial charge is 0.263 e. The van der Waals surface area contributed by atoms with Crippen LogP contribution in [0.5, 0.6) is 5.75 Å². The van der Waals surface area contributed by atoms with Crippen molar-refractivity contribution in [2.75, 3.05) is 26.2 Å². The number of para-hydroxylation sites is 1. The molecule has 0 N–H and O–H groups in total. The zero-order valence-corrected chi connectivity index (χ0v) is 14.4. The minimum atomic E-state index is -0.360. The zero-order valence-electron chi connectivity index (χ0n) is 14.4. The molecule has 3 heterocycles. The Morgan fingerprint density at radius 3 is 2.80 bits per heavy atom. The van der Waals surface area contributed by atoms with Gasteiger partial charge in [0.15, 0.2) is 11.9 Å². The van der Waals surface area contributed by atoms with E-state index in [0.29, 0.717) is 31.3 Å². The van der Waals surface area contributed by atoms with E-state index in [1.54, 1.807) is 6.92 Å². The Hall–Kier alpha value is -2.41. The molecular weight excluding hydrogens is 320 g/mol. The van der Waals surface area contributed by atoms with Crippen LogP contribution in [0.15, 0.2) is 28.8 Å². The third-order valence-corrected chi connectivity index (χ3v) is 4.81. The first-order chi connectivity index (χ1) is 12.2. The maximum Gasteiger partial charge on any atom is 0.263 e. The average molecular weight is 342 g/mol. The number of amides is 1. The van der Waals surface area contributed by atoms with Gasteiger partial charge in [0, 0.05) is 33.1 Å². The lowest BCUT2D eigenvalue weighted by atomic mass is 10.0. The second-order valence-corrected chi connectivity index (χ2v) is 6.58. The summed E-state index contributed by atoms with van der Waals surface area (Å²) < 4.78 is 10.9. The molecule has 0 spiro atoms. The van der Waals surface area contributed by atoms with E-state index < -0.39 is 0 Å². The lowest BCUT2D eigenvalue weighted by Gasteiger charge is -2.36. The van der Waals surface area contributed by atoms with Gasteiger partial charge in [-0.05, 0) is 24.5 Å². The highest BCUT2D eigenvalue weighted by Gasteiger charge is 2.31. The molecule has 7 nitrogen and oxygen atoms in total. The van der Waals surface area contributed by atoms with Gasteiger partial charge < -0.3 is 14.2 Å². The maximum absolute atomic E-state index is 12.8. The number of nitrogens with zero attached hydrogens (tertiary/aromatic N) is 4. The van der Waals surface area contributed by atoms with Gasteiger partial charge in [0.25, 0.3) is 5.91 Å². The number of hydrogen-bond donors (Lipinski definition) is 0. The lowest BCUT2D eigenvalue weighted by Crippen LogP contribution is -2.52. The highest BCUT2D eigenvalue weighted by molar-refractivity contribution is 5.81. The quantitative estimate of drug-likeness (QED) is 0.840. The predicted octanol–water partition coefficient (Wildman–Crippen LogP) is 1.42. The first kappa shape index (κ1) is 16.1. The van der Waals surface area contributed by atoms with Crippen molar-refractivity contribution in [1.29, 1.82) is 0 Å². The van der Waals surface area contributed by atoms with Gasteiger partial charge in [-0.1, -0.05) is 23.4 Å². The van der Waals surface area contributed by atoms with E-state index in [2.05, 4.69) is 21.1 Å². The molecule has 1 fully saturated rings. The summed E-state index contributed by atoms with van der Waals surface area (Å²) >= 11 is 0. The molecule has 1 amide bonds. The molecule has 1 atom stereocenters. The molecule has 1 saturated heterocycles. The summed E-state index contributed by atoms with van der Waals surface area (Å²) in [4.78, 5) is 21.2. The van der Waals surface area contributed by atoms with Gasteiger partial charge in [-0.15, -0.1) is 0 Å². The summed E-state index contributed by atoms with van der Waals surface area (Å²) in [5, 5.41) is 3.93. The fourth-order valence-electron chi connectivity index (χ4n) is 3.43. The summed E-state index contributed by atoms with van der Waals surface area (Å²) in [5.41, 5.74) is 1.19. The third-order valence-electron chi connectivity index (χ3n) is 4.81. The molecule has 0 bridgehead atoms. The molecule has 1 aromatic heterocycles. The summed E-state index contributed by atoms with van der Waals surface area (Å²) in [6.07, 6.45) is 1.28. The van der Waals surface area contributed by atoms with Gasteiger partial charge in [-0.2, -0.15) is 4.98 Å². The summed E-state index contributed by atoms with van der Waals surface area (Å²) in [7, 11) is 0. The second kappa shape index (κ2) is 6.84. The topological polar surface area (TPSA) is 71.7 Å². The molecule has 4 rings (SSSR count). The molecule has 2 aromatic rings. The van der Waals surface area contributed by atoms with Crippen molar-refractivity contribution in [2.45, 2.75) is 32.4 Å². The van der Waals surface area contributed by atoms with E-state index in [4.69, 9.17) is 9.26 Å². The largest absolute Gasteiger partial charge is 0.480 e. The Balaban J connectivity index is 1.31. The van der Waals surface area contributed by atoms with Crippen LogP contribution >= 0.6 is 0 Å². The van der Waals surface area contributed by atoms with E-state index in [1.807, 2.05) is 23.1 Å². The summed E-state index contributed by atoms with van der Waals surface area (Å²) in [5.74, 6) is 2.23. The maximum atomic E-state index is 12.8. The Kier molecular flexibility index (Phi) is 4.40. The van der Waals surface area contributed by atoms with Crippen molar-refractivity contribution >= 4 is 5.91 Å². The average Bonchev–Trinajstić information content (AvgIpc) is 3.06. The zero-order chi connectivity index (χ0) is 17.2. The minimum Gasteiger partial charge on any atom is -0.480 e. The van der Waals surface area contributed by atoms with Crippen molar-refractivity contribution in [3.8, 4) is 5.75 Å². The fraction of sp³-hybridized carbons (Fsp3) is 0.500. The van der Waals surface area contributed by atoms with Crippen LogP contribution < -0.4 is 4.74 Å². The highest BCUT2D eigenvalue weighted by atomic mass is 16.5. The number of fused-ring (bicyclic) bond motifs is 1. The van der Waals surface area contributed by atoms with Gasteiger partial charge >= 0.3 is 0 Å². The van der Waals surface area contributed by atoms with Crippen molar-refractivity contribution < 1.29 is 14.1 Å². The lowest BCUT2D eigenvalue weighted by molar-refractivity contribution is -0.141. The molecule has 1 aromatic carbocycles. The fourth-order valence-corrected chi connectivity index (χ4v) is 3.43. The van der Waals surface area contributed by atoms with Crippen LogP contribution in [0.4, 0.5) is 0 Å². The van der Waals surface area contributed by atoms with Gasteiger partial charge in [-0.25, -0.2) is 0 Å². The van der Waals surface area contributed by atoms with Gasteiger partial charge in [0.05, 0.1) is 6.54 Å². The van der Waals surface area contributed by atoms with Gasteiger partial charge in [0.2, 0.25) is 5.89 Å². The number of ether oxygens (including phenoxy) is 1. The van der Waals surface area contributed by atoms with Crippen molar-refractivity contribution in [2.24, 2.45) is 0 Å². The Bertz CT molecular complexity index is 752. The Labute approximate surface area is 146 Å². The van der Waals surface area contributed by atoms with Crippen molar-refractivity contribution in [3.05, 3.63) is 41.5 Å². The molecule has 132 valence electrons. The monoisotopic (exact) mass is 342 g/mol. The molecular formula is C18H22N4O3. The summed E-state index contributed by atoms with van der Waals surface area (Å²) in [6.45, 7) is 5.47. The molecule has 7 heteroatoms. The molecule has 0 radical (unpaired) electrons. The van der Waals surface area contributed by atoms with Crippen LogP contribution in [0.2, 0.25) is 0 Å².